The molecule has 2 rings (SSSR count). The second-order valence-corrected chi connectivity index (χ2v) is 5.75. The second kappa shape index (κ2) is 6.72. The minimum atomic E-state index is -0.480. The summed E-state index contributed by atoms with van der Waals surface area (Å²) in [5.74, 6) is -0.837. The van der Waals surface area contributed by atoms with Gasteiger partial charge in [-0.05, 0) is 54.0 Å². The fourth-order valence-electron chi connectivity index (χ4n) is 1.92. The molecule has 0 aliphatic rings. The predicted octanol–water partition coefficient (Wildman–Crippen LogP) is 4.66. The van der Waals surface area contributed by atoms with Crippen molar-refractivity contribution in [1.29, 1.82) is 0 Å². The molecule has 0 unspecified atom stereocenters. The Labute approximate surface area is 131 Å². The van der Waals surface area contributed by atoms with Crippen LogP contribution in [0.2, 0.25) is 0 Å². The van der Waals surface area contributed by atoms with E-state index >= 15 is 0 Å². The van der Waals surface area contributed by atoms with Crippen LogP contribution in [0.3, 0.4) is 0 Å². The third kappa shape index (κ3) is 3.82. The zero-order chi connectivity index (χ0) is 15.4. The smallest absolute Gasteiger partial charge is 0.257 e. The number of rotatable bonds is 4. The van der Waals surface area contributed by atoms with E-state index in [-0.39, 0.29) is 17.6 Å². The highest BCUT2D eigenvalue weighted by atomic mass is 79.9. The van der Waals surface area contributed by atoms with E-state index in [0.29, 0.717) is 10.0 Å². The number of para-hydroxylation sites is 2. The Kier molecular flexibility index (Phi) is 4.96. The van der Waals surface area contributed by atoms with Gasteiger partial charge in [0.05, 0.1) is 11.3 Å². The van der Waals surface area contributed by atoms with Crippen LogP contribution >= 0.6 is 15.9 Å². The molecule has 0 bridgehead atoms. The summed E-state index contributed by atoms with van der Waals surface area (Å²) in [7, 11) is 0. The lowest BCUT2D eigenvalue weighted by molar-refractivity contribution is 0.102. The van der Waals surface area contributed by atoms with Gasteiger partial charge in [-0.1, -0.05) is 18.2 Å². The molecule has 0 radical (unpaired) electrons. The van der Waals surface area contributed by atoms with Gasteiger partial charge in [0.25, 0.3) is 5.91 Å². The summed E-state index contributed by atoms with van der Waals surface area (Å²) >= 11 is 3.24. The van der Waals surface area contributed by atoms with Gasteiger partial charge in [0.1, 0.15) is 5.82 Å². The van der Waals surface area contributed by atoms with Crippen LogP contribution in [0.15, 0.2) is 46.9 Å². The fourth-order valence-corrected chi connectivity index (χ4v) is 2.36. The van der Waals surface area contributed by atoms with Gasteiger partial charge in [-0.25, -0.2) is 4.39 Å². The van der Waals surface area contributed by atoms with E-state index < -0.39 is 5.82 Å². The van der Waals surface area contributed by atoms with Crippen LogP contribution in [-0.4, -0.2) is 11.9 Å². The third-order valence-corrected chi connectivity index (χ3v) is 3.48. The van der Waals surface area contributed by atoms with E-state index in [2.05, 4.69) is 26.6 Å². The zero-order valence-electron chi connectivity index (χ0n) is 11.8. The first-order valence-corrected chi connectivity index (χ1v) is 7.39. The van der Waals surface area contributed by atoms with Gasteiger partial charge in [-0.3, -0.25) is 4.79 Å². The molecule has 5 heteroatoms. The SMILES string of the molecule is CC(C)Nc1ccccc1C(=O)Nc1c(F)cccc1Br. The minimum Gasteiger partial charge on any atom is -0.382 e. The molecule has 0 aliphatic heterocycles. The summed E-state index contributed by atoms with van der Waals surface area (Å²) in [5, 5.41) is 5.81. The number of carbonyl (C=O) groups excluding carboxylic acids is 1. The number of benzene rings is 2. The van der Waals surface area contributed by atoms with Crippen LogP contribution in [0.1, 0.15) is 24.2 Å². The molecule has 0 spiro atoms. The number of halogens is 2. The zero-order valence-corrected chi connectivity index (χ0v) is 13.4. The molecular weight excluding hydrogens is 335 g/mol. The normalized spacial score (nSPS) is 10.5. The molecule has 0 saturated carbocycles. The Bertz CT molecular complexity index is 638. The molecular formula is C16H16BrFN2O. The van der Waals surface area contributed by atoms with Crippen LogP contribution in [0.25, 0.3) is 0 Å². The Balaban J connectivity index is 2.29. The number of amides is 1. The van der Waals surface area contributed by atoms with Crippen LogP contribution < -0.4 is 10.6 Å². The topological polar surface area (TPSA) is 41.1 Å². The quantitative estimate of drug-likeness (QED) is 0.841. The Morgan fingerprint density at radius 3 is 2.52 bits per heavy atom. The van der Waals surface area contributed by atoms with Crippen molar-refractivity contribution < 1.29 is 9.18 Å². The highest BCUT2D eigenvalue weighted by Crippen LogP contribution is 2.26. The van der Waals surface area contributed by atoms with Gasteiger partial charge in [-0.15, -0.1) is 0 Å². The predicted molar refractivity (Wildman–Crippen MR) is 87.3 cm³/mol. The minimum absolute atomic E-state index is 0.141. The molecule has 0 fully saturated rings. The van der Waals surface area contributed by atoms with E-state index in [1.165, 1.54) is 6.07 Å². The maximum absolute atomic E-state index is 13.8. The molecule has 0 saturated heterocycles. The molecule has 3 nitrogen and oxygen atoms in total. The molecule has 0 heterocycles. The highest BCUT2D eigenvalue weighted by Gasteiger charge is 2.15. The molecule has 21 heavy (non-hydrogen) atoms. The van der Waals surface area contributed by atoms with Crippen molar-refractivity contribution in [2.24, 2.45) is 0 Å². The molecule has 110 valence electrons. The van der Waals surface area contributed by atoms with Gasteiger partial charge < -0.3 is 10.6 Å². The highest BCUT2D eigenvalue weighted by molar-refractivity contribution is 9.10. The van der Waals surface area contributed by atoms with Gasteiger partial charge in [0, 0.05) is 16.2 Å². The summed E-state index contributed by atoms with van der Waals surface area (Å²) in [6.45, 7) is 3.98. The number of hydrogen-bond donors (Lipinski definition) is 2. The molecule has 2 N–H and O–H groups in total. The first-order valence-electron chi connectivity index (χ1n) is 6.60. The first-order chi connectivity index (χ1) is 9.99. The van der Waals surface area contributed by atoms with Crippen LogP contribution in [0.5, 0.6) is 0 Å². The van der Waals surface area contributed by atoms with Crippen molar-refractivity contribution in [1.82, 2.24) is 0 Å². The van der Waals surface area contributed by atoms with Crippen molar-refractivity contribution in [3.05, 3.63) is 58.3 Å². The van der Waals surface area contributed by atoms with Gasteiger partial charge in [0.15, 0.2) is 0 Å². The third-order valence-electron chi connectivity index (χ3n) is 2.82. The van der Waals surface area contributed by atoms with Crippen molar-refractivity contribution in [3.63, 3.8) is 0 Å². The number of nitrogens with one attached hydrogen (secondary N) is 2. The van der Waals surface area contributed by atoms with Gasteiger partial charge >= 0.3 is 0 Å². The molecule has 1 amide bonds. The van der Waals surface area contributed by atoms with Gasteiger partial charge in [-0.2, -0.15) is 0 Å². The van der Waals surface area contributed by atoms with Crippen LogP contribution in [0.4, 0.5) is 15.8 Å². The maximum atomic E-state index is 13.8. The van der Waals surface area contributed by atoms with E-state index in [1.807, 2.05) is 26.0 Å². The van der Waals surface area contributed by atoms with Crippen molar-refractivity contribution >= 4 is 33.2 Å². The second-order valence-electron chi connectivity index (χ2n) is 4.90. The standard InChI is InChI=1S/C16H16BrFN2O/c1-10(2)19-14-9-4-3-6-11(14)16(21)20-15-12(17)7-5-8-13(15)18/h3-10,19H,1-2H3,(H,20,21). The summed E-state index contributed by atoms with van der Waals surface area (Å²) in [4.78, 5) is 12.4. The summed E-state index contributed by atoms with van der Waals surface area (Å²) in [6, 6.07) is 11.9. The number of hydrogen-bond acceptors (Lipinski definition) is 2. The number of anilines is 2. The molecule has 0 aromatic heterocycles. The summed E-state index contributed by atoms with van der Waals surface area (Å²) in [6.07, 6.45) is 0. The molecule has 2 aromatic rings. The Hall–Kier alpha value is -1.88. The van der Waals surface area contributed by atoms with Crippen molar-refractivity contribution in [2.75, 3.05) is 10.6 Å². The fraction of sp³-hybridized carbons (Fsp3) is 0.188. The Morgan fingerprint density at radius 2 is 1.86 bits per heavy atom. The first kappa shape index (κ1) is 15.5. The molecule has 0 aliphatic carbocycles. The van der Waals surface area contributed by atoms with E-state index in [0.717, 1.165) is 5.69 Å². The van der Waals surface area contributed by atoms with Crippen molar-refractivity contribution in [3.8, 4) is 0 Å². The average Bonchev–Trinajstić information content (AvgIpc) is 2.43. The van der Waals surface area contributed by atoms with Crippen LogP contribution in [0, 0.1) is 5.82 Å². The average molecular weight is 351 g/mol. The lowest BCUT2D eigenvalue weighted by Gasteiger charge is -2.15. The summed E-state index contributed by atoms with van der Waals surface area (Å²) in [5.41, 5.74) is 1.33. The lowest BCUT2D eigenvalue weighted by Crippen LogP contribution is -2.18. The number of carbonyl (C=O) groups is 1. The Morgan fingerprint density at radius 1 is 1.14 bits per heavy atom. The van der Waals surface area contributed by atoms with E-state index in [1.54, 1.807) is 24.3 Å². The van der Waals surface area contributed by atoms with Gasteiger partial charge in [0.2, 0.25) is 0 Å². The van der Waals surface area contributed by atoms with Crippen molar-refractivity contribution in [2.45, 2.75) is 19.9 Å². The van der Waals surface area contributed by atoms with E-state index in [4.69, 9.17) is 0 Å². The monoisotopic (exact) mass is 350 g/mol. The lowest BCUT2D eigenvalue weighted by atomic mass is 10.1. The largest absolute Gasteiger partial charge is 0.382 e. The molecule has 2 aromatic carbocycles. The molecule has 0 atom stereocenters. The maximum Gasteiger partial charge on any atom is 0.257 e. The summed E-state index contributed by atoms with van der Waals surface area (Å²) < 4.78 is 14.3. The van der Waals surface area contributed by atoms with Crippen LogP contribution in [-0.2, 0) is 0 Å². The van der Waals surface area contributed by atoms with E-state index in [9.17, 15) is 9.18 Å².